The average Bonchev–Trinajstić information content (AvgIpc) is 2.31. The number of hydrogen-bond donors (Lipinski definition) is 2. The summed E-state index contributed by atoms with van der Waals surface area (Å²) in [6, 6.07) is 0. The highest BCUT2D eigenvalue weighted by molar-refractivity contribution is 7.80. The van der Waals surface area contributed by atoms with E-state index in [2.05, 4.69) is 19.7 Å². The highest BCUT2D eigenvalue weighted by Crippen LogP contribution is 1.98. The minimum atomic E-state index is -1.52. The monoisotopic (exact) mass is 176 g/mol. The minimum Gasteiger partial charge on any atom is -0.244 e. The van der Waals surface area contributed by atoms with Gasteiger partial charge in [-0.2, -0.15) is 0 Å². The van der Waals surface area contributed by atoms with Crippen LogP contribution < -0.4 is 9.86 Å². The molecule has 1 atom stereocenters. The Kier molecular flexibility index (Phi) is 2.69. The molecule has 1 aromatic rings. The van der Waals surface area contributed by atoms with Crippen molar-refractivity contribution in [3.05, 3.63) is 11.4 Å². The summed E-state index contributed by atoms with van der Waals surface area (Å²) in [7, 11) is 0. The molecule has 0 aliphatic rings. The first kappa shape index (κ1) is 8.31. The van der Waals surface area contributed by atoms with Gasteiger partial charge < -0.3 is 0 Å². The Bertz CT molecular complexity index is 260. The highest BCUT2D eigenvalue weighted by atomic mass is 32.2. The van der Waals surface area contributed by atoms with Crippen LogP contribution in [0, 0.1) is 6.92 Å². The van der Waals surface area contributed by atoms with Gasteiger partial charge in [0.05, 0.1) is 6.54 Å². The molecule has 0 saturated carbocycles. The van der Waals surface area contributed by atoms with Crippen LogP contribution in [-0.4, -0.2) is 14.5 Å². The molecule has 0 fully saturated rings. The lowest BCUT2D eigenvalue weighted by Gasteiger charge is -1.94. The van der Waals surface area contributed by atoms with Gasteiger partial charge in [-0.15, -0.1) is 0 Å². The van der Waals surface area contributed by atoms with Gasteiger partial charge in [-0.25, -0.2) is 18.7 Å². The molecule has 0 spiro atoms. The van der Waals surface area contributed by atoms with E-state index in [0.717, 1.165) is 0 Å². The van der Waals surface area contributed by atoms with E-state index in [-0.39, 0.29) is 0 Å². The largest absolute Gasteiger partial charge is 0.244 e. The molecule has 0 aliphatic heterocycles. The molecule has 0 bridgehead atoms. The van der Waals surface area contributed by atoms with E-state index in [4.69, 9.17) is 5.14 Å². The van der Waals surface area contributed by atoms with E-state index in [1.165, 1.54) is 0 Å². The Labute approximate surface area is 65.8 Å². The van der Waals surface area contributed by atoms with Gasteiger partial charge in [-0.05, 0) is 6.92 Å². The first-order valence-electron chi connectivity index (χ1n) is 2.88. The number of nitrogens with two attached hydrogens (primary N) is 1. The summed E-state index contributed by atoms with van der Waals surface area (Å²) in [6.07, 6.45) is 0. The fraction of sp³-hybridized carbons (Fsp3) is 0.500. The molecule has 11 heavy (non-hydrogen) atoms. The van der Waals surface area contributed by atoms with Gasteiger partial charge in [0.1, 0.15) is 11.4 Å². The van der Waals surface area contributed by atoms with Crippen molar-refractivity contribution in [2.75, 3.05) is 0 Å². The van der Waals surface area contributed by atoms with Gasteiger partial charge in [-0.1, -0.05) is 10.3 Å². The standard InChI is InChI=1S/C4H8N4O2S/c1-3-4(8-10-7-3)2-6-11(5)9/h6H,2,5H2,1H3. The molecule has 1 unspecified atom stereocenters. The summed E-state index contributed by atoms with van der Waals surface area (Å²) in [5.74, 6) is 0. The van der Waals surface area contributed by atoms with Crippen LogP contribution in [0.1, 0.15) is 11.4 Å². The molecular weight excluding hydrogens is 168 g/mol. The molecule has 6 nitrogen and oxygen atoms in total. The molecule has 3 N–H and O–H groups in total. The van der Waals surface area contributed by atoms with Gasteiger partial charge in [0.2, 0.25) is 0 Å². The second-order valence-corrected chi connectivity index (χ2v) is 2.80. The molecule has 1 aromatic heterocycles. The summed E-state index contributed by atoms with van der Waals surface area (Å²) < 4.78 is 17.2. The third kappa shape index (κ3) is 2.37. The summed E-state index contributed by atoms with van der Waals surface area (Å²) in [5, 5.41) is 12.0. The lowest BCUT2D eigenvalue weighted by Crippen LogP contribution is -2.23. The molecule has 0 radical (unpaired) electrons. The van der Waals surface area contributed by atoms with Gasteiger partial charge in [0, 0.05) is 0 Å². The molecule has 0 aromatic carbocycles. The first-order chi connectivity index (χ1) is 5.20. The predicted molar refractivity (Wildman–Crippen MR) is 38.2 cm³/mol. The molecule has 0 saturated heterocycles. The zero-order valence-electron chi connectivity index (χ0n) is 5.90. The number of rotatable bonds is 3. The molecule has 0 aliphatic carbocycles. The summed E-state index contributed by atoms with van der Waals surface area (Å²) in [6.45, 7) is 2.05. The second kappa shape index (κ2) is 3.56. The fourth-order valence-electron chi connectivity index (χ4n) is 0.549. The van der Waals surface area contributed by atoms with Crippen LogP contribution >= 0.6 is 0 Å². The highest BCUT2D eigenvalue weighted by Gasteiger charge is 2.04. The van der Waals surface area contributed by atoms with Gasteiger partial charge in [0.25, 0.3) is 0 Å². The maximum Gasteiger partial charge on any atom is 0.164 e. The Morgan fingerprint density at radius 1 is 1.73 bits per heavy atom. The third-order valence-corrected chi connectivity index (χ3v) is 1.56. The van der Waals surface area contributed by atoms with Crippen LogP contribution in [0.2, 0.25) is 0 Å². The maximum atomic E-state index is 10.3. The summed E-state index contributed by atoms with van der Waals surface area (Å²) >= 11 is -1.52. The van der Waals surface area contributed by atoms with Gasteiger partial charge >= 0.3 is 0 Å². The summed E-state index contributed by atoms with van der Waals surface area (Å²) in [4.78, 5) is 0. The lowest BCUT2D eigenvalue weighted by atomic mass is 10.3. The Balaban J connectivity index is 2.51. The van der Waals surface area contributed by atoms with E-state index >= 15 is 0 Å². The smallest absolute Gasteiger partial charge is 0.164 e. The maximum absolute atomic E-state index is 10.3. The lowest BCUT2D eigenvalue weighted by molar-refractivity contribution is 0.301. The molecule has 1 heterocycles. The van der Waals surface area contributed by atoms with Crippen molar-refractivity contribution >= 4 is 11.2 Å². The van der Waals surface area contributed by atoms with Crippen LogP contribution in [0.4, 0.5) is 0 Å². The molecule has 0 amide bonds. The van der Waals surface area contributed by atoms with Crippen LogP contribution in [0.15, 0.2) is 4.63 Å². The molecule has 7 heteroatoms. The SMILES string of the molecule is Cc1nonc1CNS(N)=O. The Morgan fingerprint density at radius 3 is 2.91 bits per heavy atom. The molecule has 1 rings (SSSR count). The number of nitrogens with one attached hydrogen (secondary N) is 1. The van der Waals surface area contributed by atoms with Crippen molar-refractivity contribution < 1.29 is 8.84 Å². The number of nitrogens with zero attached hydrogens (tertiary/aromatic N) is 2. The number of aromatic nitrogens is 2. The second-order valence-electron chi connectivity index (χ2n) is 1.91. The molecular formula is C4H8N4O2S. The normalized spacial score (nSPS) is 13.3. The van der Waals surface area contributed by atoms with Crippen LogP contribution in [-0.2, 0) is 17.7 Å². The Morgan fingerprint density at radius 2 is 2.45 bits per heavy atom. The van der Waals surface area contributed by atoms with Crippen LogP contribution in [0.5, 0.6) is 0 Å². The van der Waals surface area contributed by atoms with Crippen molar-refractivity contribution in [3.8, 4) is 0 Å². The zero-order valence-corrected chi connectivity index (χ0v) is 6.72. The van der Waals surface area contributed by atoms with Crippen LogP contribution in [0.25, 0.3) is 0 Å². The zero-order chi connectivity index (χ0) is 8.27. The van der Waals surface area contributed by atoms with Crippen molar-refractivity contribution in [1.29, 1.82) is 0 Å². The Hall–Kier alpha value is -0.790. The first-order valence-corrected chi connectivity index (χ1v) is 4.09. The van der Waals surface area contributed by atoms with Crippen LogP contribution in [0.3, 0.4) is 0 Å². The van der Waals surface area contributed by atoms with E-state index in [1.807, 2.05) is 0 Å². The van der Waals surface area contributed by atoms with E-state index in [1.54, 1.807) is 6.92 Å². The van der Waals surface area contributed by atoms with Crippen molar-refractivity contribution in [1.82, 2.24) is 15.0 Å². The number of aryl methyl sites for hydroxylation is 1. The van der Waals surface area contributed by atoms with Crippen molar-refractivity contribution in [2.24, 2.45) is 5.14 Å². The van der Waals surface area contributed by atoms with E-state index in [9.17, 15) is 4.21 Å². The van der Waals surface area contributed by atoms with Crippen molar-refractivity contribution in [2.45, 2.75) is 13.5 Å². The van der Waals surface area contributed by atoms with E-state index in [0.29, 0.717) is 17.9 Å². The summed E-state index contributed by atoms with van der Waals surface area (Å²) in [5.41, 5.74) is 1.28. The predicted octanol–water partition coefficient (Wildman–Crippen LogP) is -0.995. The quantitative estimate of drug-likeness (QED) is 0.618. The minimum absolute atomic E-state index is 0.304. The fourth-order valence-corrected chi connectivity index (χ4v) is 0.828. The third-order valence-electron chi connectivity index (χ3n) is 1.13. The van der Waals surface area contributed by atoms with Gasteiger partial charge in [-0.3, -0.25) is 0 Å². The molecule has 62 valence electrons. The number of hydrogen-bond acceptors (Lipinski definition) is 4. The van der Waals surface area contributed by atoms with Gasteiger partial charge in [0.15, 0.2) is 11.2 Å². The topological polar surface area (TPSA) is 94.0 Å². The average molecular weight is 176 g/mol. The van der Waals surface area contributed by atoms with E-state index < -0.39 is 11.2 Å². The van der Waals surface area contributed by atoms with Crippen molar-refractivity contribution in [3.63, 3.8) is 0 Å².